The molecular weight excluding hydrogens is 425 g/mol. The van der Waals surface area contributed by atoms with Crippen molar-refractivity contribution in [3.8, 4) is 0 Å². The lowest BCUT2D eigenvalue weighted by atomic mass is 10.2. The van der Waals surface area contributed by atoms with Crippen molar-refractivity contribution >= 4 is 69.8 Å². The largest absolute Gasteiger partial charge is 0.339 e. The molecule has 3 N–H and O–H groups in total. The number of rotatable bonds is 5. The minimum atomic E-state index is -1.81. The van der Waals surface area contributed by atoms with Crippen molar-refractivity contribution in [2.24, 2.45) is 0 Å². The molecule has 0 aliphatic carbocycles. The number of halogens is 3. The quantitative estimate of drug-likeness (QED) is 0.269. The zero-order valence-electron chi connectivity index (χ0n) is 14.4. The molecule has 27 heavy (non-hydrogen) atoms. The lowest BCUT2D eigenvalue weighted by Crippen LogP contribution is -2.55. The minimum absolute atomic E-state index is 0.216. The second-order valence-corrected chi connectivity index (χ2v) is 8.42. The van der Waals surface area contributed by atoms with Gasteiger partial charge in [-0.3, -0.25) is 4.79 Å². The Hall–Kier alpha value is -1.79. The van der Waals surface area contributed by atoms with Crippen LogP contribution in [0.4, 0.5) is 5.69 Å². The van der Waals surface area contributed by atoms with Gasteiger partial charge < -0.3 is 16.0 Å². The van der Waals surface area contributed by atoms with Crippen LogP contribution in [0.25, 0.3) is 6.08 Å². The first-order valence-electron chi connectivity index (χ1n) is 7.99. The Morgan fingerprint density at radius 2 is 1.67 bits per heavy atom. The summed E-state index contributed by atoms with van der Waals surface area (Å²) in [5.74, 6) is -0.429. The molecule has 0 aliphatic heterocycles. The van der Waals surface area contributed by atoms with Gasteiger partial charge in [-0.1, -0.05) is 83.3 Å². The summed E-state index contributed by atoms with van der Waals surface area (Å²) in [4.78, 5) is 12.2. The van der Waals surface area contributed by atoms with Gasteiger partial charge in [0.25, 0.3) is 0 Å². The van der Waals surface area contributed by atoms with Crippen LogP contribution >= 0.6 is 47.0 Å². The number of carbonyl (C=O) groups excluding carboxylic acids is 1. The molecule has 0 radical (unpaired) electrons. The fourth-order valence-electron chi connectivity index (χ4n) is 2.13. The van der Waals surface area contributed by atoms with E-state index in [1.54, 1.807) is 6.08 Å². The van der Waals surface area contributed by atoms with Crippen LogP contribution in [0.1, 0.15) is 11.1 Å². The molecule has 0 heterocycles. The van der Waals surface area contributed by atoms with Crippen molar-refractivity contribution < 1.29 is 4.79 Å². The van der Waals surface area contributed by atoms with Crippen molar-refractivity contribution in [3.63, 3.8) is 0 Å². The van der Waals surface area contributed by atoms with Gasteiger partial charge >= 0.3 is 0 Å². The predicted octanol–water partition coefficient (Wildman–Crippen LogP) is 4.81. The van der Waals surface area contributed by atoms with E-state index in [-0.39, 0.29) is 5.11 Å². The standard InChI is InChI=1S/C19H18Cl3N3OS/c1-13-7-5-6-10-15(13)23-18(27)25-17(19(20,21)22)24-16(26)12-11-14-8-3-2-4-9-14/h2-12,17H,1H3,(H,24,26)(H2,23,25,27)/b12-11+. The number of amides is 1. The van der Waals surface area contributed by atoms with Gasteiger partial charge in [0.1, 0.15) is 6.17 Å². The van der Waals surface area contributed by atoms with E-state index in [0.717, 1.165) is 16.8 Å². The minimum Gasteiger partial charge on any atom is -0.339 e. The third kappa shape index (κ3) is 7.39. The van der Waals surface area contributed by atoms with Crippen LogP contribution < -0.4 is 16.0 Å². The summed E-state index contributed by atoms with van der Waals surface area (Å²) in [6.07, 6.45) is 1.99. The number of aryl methyl sites for hydroxylation is 1. The van der Waals surface area contributed by atoms with Gasteiger partial charge in [-0.25, -0.2) is 0 Å². The average molecular weight is 443 g/mol. The number of nitrogens with one attached hydrogen (secondary N) is 3. The maximum Gasteiger partial charge on any atom is 0.245 e. The maximum absolute atomic E-state index is 12.2. The number of alkyl halides is 3. The van der Waals surface area contributed by atoms with Crippen LogP contribution in [-0.2, 0) is 4.79 Å². The fraction of sp³-hybridized carbons (Fsp3) is 0.158. The molecule has 2 rings (SSSR count). The highest BCUT2D eigenvalue weighted by atomic mass is 35.6. The summed E-state index contributed by atoms with van der Waals surface area (Å²) in [6.45, 7) is 1.94. The molecule has 8 heteroatoms. The molecule has 1 amide bonds. The smallest absolute Gasteiger partial charge is 0.245 e. The molecule has 0 spiro atoms. The number of hydrogen-bond donors (Lipinski definition) is 3. The Kier molecular flexibility index (Phi) is 7.92. The van der Waals surface area contributed by atoms with E-state index in [9.17, 15) is 4.79 Å². The predicted molar refractivity (Wildman–Crippen MR) is 118 cm³/mol. The normalized spacial score (nSPS) is 12.4. The highest BCUT2D eigenvalue weighted by molar-refractivity contribution is 7.80. The molecule has 0 fully saturated rings. The van der Waals surface area contributed by atoms with E-state index in [4.69, 9.17) is 47.0 Å². The second kappa shape index (κ2) is 9.95. The van der Waals surface area contributed by atoms with Crippen molar-refractivity contribution in [3.05, 3.63) is 71.8 Å². The second-order valence-electron chi connectivity index (χ2n) is 5.64. The Morgan fingerprint density at radius 3 is 2.30 bits per heavy atom. The Labute approximate surface area is 178 Å². The van der Waals surface area contributed by atoms with Crippen LogP contribution in [0.5, 0.6) is 0 Å². The Balaban J connectivity index is 2.00. The van der Waals surface area contributed by atoms with Gasteiger partial charge in [-0.2, -0.15) is 0 Å². The highest BCUT2D eigenvalue weighted by Gasteiger charge is 2.34. The molecule has 142 valence electrons. The van der Waals surface area contributed by atoms with Gasteiger partial charge in [0.15, 0.2) is 5.11 Å². The topological polar surface area (TPSA) is 53.2 Å². The summed E-state index contributed by atoms with van der Waals surface area (Å²) < 4.78 is -1.81. The van der Waals surface area contributed by atoms with E-state index in [0.29, 0.717) is 0 Å². The molecule has 0 aromatic heterocycles. The molecule has 1 unspecified atom stereocenters. The average Bonchev–Trinajstić information content (AvgIpc) is 2.61. The van der Waals surface area contributed by atoms with Gasteiger partial charge in [0, 0.05) is 11.8 Å². The summed E-state index contributed by atoms with van der Waals surface area (Å²) in [7, 11) is 0. The number of carbonyl (C=O) groups is 1. The summed E-state index contributed by atoms with van der Waals surface area (Å²) in [6, 6.07) is 17.0. The van der Waals surface area contributed by atoms with Crippen LogP contribution in [0.15, 0.2) is 60.7 Å². The number of para-hydroxylation sites is 1. The van der Waals surface area contributed by atoms with Gasteiger partial charge in [-0.05, 0) is 42.4 Å². The molecule has 0 aliphatic rings. The molecule has 2 aromatic rings. The third-order valence-electron chi connectivity index (χ3n) is 3.51. The first-order valence-corrected chi connectivity index (χ1v) is 9.53. The summed E-state index contributed by atoms with van der Waals surface area (Å²) >= 11 is 23.2. The molecule has 2 aromatic carbocycles. The number of hydrogen-bond acceptors (Lipinski definition) is 2. The fourth-order valence-corrected chi connectivity index (χ4v) is 2.68. The van der Waals surface area contributed by atoms with Crippen molar-refractivity contribution in [1.29, 1.82) is 0 Å². The zero-order chi connectivity index (χ0) is 19.9. The first-order chi connectivity index (χ1) is 12.8. The van der Waals surface area contributed by atoms with E-state index in [1.807, 2.05) is 61.5 Å². The lowest BCUT2D eigenvalue weighted by Gasteiger charge is -2.27. The van der Waals surface area contributed by atoms with Crippen molar-refractivity contribution in [2.75, 3.05) is 5.32 Å². The van der Waals surface area contributed by atoms with Crippen LogP contribution in [0.2, 0.25) is 0 Å². The highest BCUT2D eigenvalue weighted by Crippen LogP contribution is 2.29. The Morgan fingerprint density at radius 1 is 1.04 bits per heavy atom. The monoisotopic (exact) mass is 441 g/mol. The summed E-state index contributed by atoms with van der Waals surface area (Å²) in [5.41, 5.74) is 2.69. The summed E-state index contributed by atoms with van der Waals surface area (Å²) in [5, 5.41) is 8.65. The molecule has 1 atom stereocenters. The first kappa shape index (κ1) is 21.5. The van der Waals surface area contributed by atoms with Gasteiger partial charge in [0.05, 0.1) is 0 Å². The van der Waals surface area contributed by atoms with Crippen molar-refractivity contribution in [2.45, 2.75) is 16.9 Å². The van der Waals surface area contributed by atoms with Gasteiger partial charge in [-0.15, -0.1) is 0 Å². The zero-order valence-corrected chi connectivity index (χ0v) is 17.5. The molecule has 0 bridgehead atoms. The molecular formula is C19H18Cl3N3OS. The number of anilines is 1. The lowest BCUT2D eigenvalue weighted by molar-refractivity contribution is -0.117. The number of benzene rings is 2. The van der Waals surface area contributed by atoms with E-state index >= 15 is 0 Å². The SMILES string of the molecule is Cc1ccccc1NC(=S)NC(NC(=O)/C=C/c1ccccc1)C(Cl)(Cl)Cl. The maximum atomic E-state index is 12.2. The number of thiocarbonyl (C=S) groups is 1. The van der Waals surface area contributed by atoms with Crippen LogP contribution in [0.3, 0.4) is 0 Å². The van der Waals surface area contributed by atoms with Crippen LogP contribution in [0, 0.1) is 6.92 Å². The van der Waals surface area contributed by atoms with Gasteiger partial charge in [0.2, 0.25) is 9.70 Å². The molecule has 0 saturated carbocycles. The van der Waals surface area contributed by atoms with Crippen molar-refractivity contribution in [1.82, 2.24) is 10.6 Å². The third-order valence-corrected chi connectivity index (χ3v) is 4.38. The van der Waals surface area contributed by atoms with E-state index in [1.165, 1.54) is 6.08 Å². The molecule has 0 saturated heterocycles. The van der Waals surface area contributed by atoms with E-state index < -0.39 is 15.9 Å². The Bertz CT molecular complexity index is 822. The van der Waals surface area contributed by atoms with Crippen LogP contribution in [-0.4, -0.2) is 21.0 Å². The molecule has 4 nitrogen and oxygen atoms in total. The van der Waals surface area contributed by atoms with E-state index in [2.05, 4.69) is 16.0 Å².